The second-order valence-corrected chi connectivity index (χ2v) is 4.12. The molecule has 20 heavy (non-hydrogen) atoms. The minimum absolute atomic E-state index is 0.329. The van der Waals surface area contributed by atoms with Crippen molar-refractivity contribution in [2.24, 2.45) is 4.99 Å². The van der Waals surface area contributed by atoms with E-state index in [1.165, 1.54) is 6.92 Å². The normalized spacial score (nSPS) is 10.5. The number of carbonyl (C=O) groups is 1. The summed E-state index contributed by atoms with van der Waals surface area (Å²) in [5, 5.41) is 0. The molecule has 0 amide bonds. The Labute approximate surface area is 117 Å². The first-order valence-corrected chi connectivity index (χ1v) is 6.14. The Morgan fingerprint density at radius 1 is 1.00 bits per heavy atom. The number of nitrogens with zero attached hydrogens (tertiary/aromatic N) is 1. The average Bonchev–Trinajstić information content (AvgIpc) is 2.46. The number of benzene rings is 2. The van der Waals surface area contributed by atoms with Crippen LogP contribution in [0.4, 0.5) is 5.69 Å². The first-order valence-electron chi connectivity index (χ1n) is 6.14. The number of carbonyl (C=O) groups excluding carboxylic acids is 1. The molecule has 2 aromatic carbocycles. The lowest BCUT2D eigenvalue weighted by atomic mass is 10.2. The van der Waals surface area contributed by atoms with Crippen LogP contribution in [0.3, 0.4) is 0 Å². The van der Waals surface area contributed by atoms with Gasteiger partial charge in [0.05, 0.1) is 12.8 Å². The average molecular weight is 269 g/mol. The summed E-state index contributed by atoms with van der Waals surface area (Å²) in [6, 6.07) is 14.6. The molecule has 0 saturated heterocycles. The molecule has 0 unspecified atom stereocenters. The van der Waals surface area contributed by atoms with Crippen molar-refractivity contribution >= 4 is 17.9 Å². The Balaban J connectivity index is 2.04. The van der Waals surface area contributed by atoms with E-state index in [1.54, 1.807) is 25.5 Å². The summed E-state index contributed by atoms with van der Waals surface area (Å²) in [5.74, 6) is 0.999. The topological polar surface area (TPSA) is 47.9 Å². The molecule has 0 heterocycles. The van der Waals surface area contributed by atoms with Crippen molar-refractivity contribution in [3.8, 4) is 11.5 Å². The smallest absolute Gasteiger partial charge is 0.308 e. The fourth-order valence-corrected chi connectivity index (χ4v) is 1.61. The summed E-state index contributed by atoms with van der Waals surface area (Å²) in [4.78, 5) is 15.2. The summed E-state index contributed by atoms with van der Waals surface area (Å²) in [6.45, 7) is 1.37. The Morgan fingerprint density at radius 2 is 1.60 bits per heavy atom. The molecule has 0 aromatic heterocycles. The third-order valence-electron chi connectivity index (χ3n) is 2.58. The molecule has 0 bridgehead atoms. The van der Waals surface area contributed by atoms with E-state index in [2.05, 4.69) is 4.99 Å². The number of aliphatic imine (C=N–C) groups is 1. The molecule has 0 N–H and O–H groups in total. The van der Waals surface area contributed by atoms with Gasteiger partial charge in [-0.05, 0) is 54.1 Å². The van der Waals surface area contributed by atoms with Crippen LogP contribution in [0, 0.1) is 0 Å². The maximum absolute atomic E-state index is 10.8. The van der Waals surface area contributed by atoms with Crippen LogP contribution in [0.25, 0.3) is 0 Å². The van der Waals surface area contributed by atoms with Crippen molar-refractivity contribution in [3.63, 3.8) is 0 Å². The lowest BCUT2D eigenvalue weighted by Crippen LogP contribution is -2.00. The van der Waals surface area contributed by atoms with Crippen molar-refractivity contribution in [3.05, 3.63) is 54.1 Å². The number of esters is 1. The highest BCUT2D eigenvalue weighted by atomic mass is 16.5. The van der Waals surface area contributed by atoms with E-state index in [0.29, 0.717) is 5.75 Å². The van der Waals surface area contributed by atoms with Gasteiger partial charge >= 0.3 is 5.97 Å². The molecule has 0 spiro atoms. The number of hydrogen-bond donors (Lipinski definition) is 0. The Hall–Kier alpha value is -2.62. The standard InChI is InChI=1S/C16H15NO3/c1-12(18)20-16-7-3-13(4-8-16)11-17-14-5-9-15(19-2)10-6-14/h3-11H,1-2H3. The number of ether oxygens (including phenoxy) is 2. The maximum atomic E-state index is 10.8. The molecule has 102 valence electrons. The molecule has 0 saturated carbocycles. The van der Waals surface area contributed by atoms with Crippen LogP contribution in [0.15, 0.2) is 53.5 Å². The predicted octanol–water partition coefficient (Wildman–Crippen LogP) is 3.37. The van der Waals surface area contributed by atoms with Crippen LogP contribution in [0.2, 0.25) is 0 Å². The summed E-state index contributed by atoms with van der Waals surface area (Å²) >= 11 is 0. The minimum atomic E-state index is -0.329. The van der Waals surface area contributed by atoms with Crippen LogP contribution >= 0.6 is 0 Å². The molecule has 4 heteroatoms. The van der Waals surface area contributed by atoms with Crippen LogP contribution in [0.1, 0.15) is 12.5 Å². The summed E-state index contributed by atoms with van der Waals surface area (Å²) < 4.78 is 10.0. The molecule has 0 aliphatic rings. The molecule has 0 fully saturated rings. The molecule has 0 radical (unpaired) electrons. The molecular weight excluding hydrogens is 254 g/mol. The van der Waals surface area contributed by atoms with E-state index < -0.39 is 0 Å². The van der Waals surface area contributed by atoms with E-state index in [4.69, 9.17) is 9.47 Å². The minimum Gasteiger partial charge on any atom is -0.497 e. The van der Waals surface area contributed by atoms with E-state index >= 15 is 0 Å². The monoisotopic (exact) mass is 269 g/mol. The Bertz CT molecular complexity index is 601. The zero-order valence-electron chi connectivity index (χ0n) is 11.4. The lowest BCUT2D eigenvalue weighted by Gasteiger charge is -2.01. The SMILES string of the molecule is COc1ccc(N=Cc2ccc(OC(C)=O)cc2)cc1. The fraction of sp³-hybridized carbons (Fsp3) is 0.125. The van der Waals surface area contributed by atoms with Crippen LogP contribution < -0.4 is 9.47 Å². The second kappa shape index (κ2) is 6.52. The fourth-order valence-electron chi connectivity index (χ4n) is 1.61. The molecule has 2 rings (SSSR count). The van der Waals surface area contributed by atoms with Crippen molar-refractivity contribution in [1.82, 2.24) is 0 Å². The van der Waals surface area contributed by atoms with Crippen LogP contribution in [-0.2, 0) is 4.79 Å². The molecule has 0 aliphatic heterocycles. The Morgan fingerprint density at radius 3 is 2.15 bits per heavy atom. The van der Waals surface area contributed by atoms with Crippen LogP contribution in [0.5, 0.6) is 11.5 Å². The largest absolute Gasteiger partial charge is 0.497 e. The van der Waals surface area contributed by atoms with E-state index in [9.17, 15) is 4.79 Å². The second-order valence-electron chi connectivity index (χ2n) is 4.12. The first kappa shape index (κ1) is 13.8. The quantitative estimate of drug-likeness (QED) is 0.485. The van der Waals surface area contributed by atoms with Crippen molar-refractivity contribution in [1.29, 1.82) is 0 Å². The zero-order chi connectivity index (χ0) is 14.4. The summed E-state index contributed by atoms with van der Waals surface area (Å²) in [5.41, 5.74) is 1.77. The van der Waals surface area contributed by atoms with E-state index in [-0.39, 0.29) is 5.97 Å². The van der Waals surface area contributed by atoms with Crippen molar-refractivity contribution < 1.29 is 14.3 Å². The van der Waals surface area contributed by atoms with Gasteiger partial charge in [0.1, 0.15) is 11.5 Å². The number of methoxy groups -OCH3 is 1. The van der Waals surface area contributed by atoms with Crippen molar-refractivity contribution in [2.45, 2.75) is 6.92 Å². The van der Waals surface area contributed by atoms with Gasteiger partial charge in [-0.1, -0.05) is 0 Å². The van der Waals surface area contributed by atoms with Crippen LogP contribution in [-0.4, -0.2) is 19.3 Å². The van der Waals surface area contributed by atoms with Gasteiger partial charge in [0.15, 0.2) is 0 Å². The third-order valence-corrected chi connectivity index (χ3v) is 2.58. The number of hydrogen-bond acceptors (Lipinski definition) is 4. The van der Waals surface area contributed by atoms with E-state index in [0.717, 1.165) is 17.0 Å². The van der Waals surface area contributed by atoms with Gasteiger partial charge in [-0.2, -0.15) is 0 Å². The molecule has 4 nitrogen and oxygen atoms in total. The van der Waals surface area contributed by atoms with Gasteiger partial charge in [-0.25, -0.2) is 0 Å². The summed E-state index contributed by atoms with van der Waals surface area (Å²) in [6.07, 6.45) is 1.75. The highest BCUT2D eigenvalue weighted by molar-refractivity contribution is 5.82. The van der Waals surface area contributed by atoms with Gasteiger partial charge < -0.3 is 9.47 Å². The van der Waals surface area contributed by atoms with Gasteiger partial charge in [-0.3, -0.25) is 9.79 Å². The van der Waals surface area contributed by atoms with E-state index in [1.807, 2.05) is 36.4 Å². The van der Waals surface area contributed by atoms with Gasteiger partial charge in [0.25, 0.3) is 0 Å². The maximum Gasteiger partial charge on any atom is 0.308 e. The molecule has 0 aliphatic carbocycles. The molecule has 2 aromatic rings. The molecule has 0 atom stereocenters. The lowest BCUT2D eigenvalue weighted by molar-refractivity contribution is -0.131. The molecular formula is C16H15NO3. The highest BCUT2D eigenvalue weighted by Gasteiger charge is 1.97. The van der Waals surface area contributed by atoms with Gasteiger partial charge in [-0.15, -0.1) is 0 Å². The summed E-state index contributed by atoms with van der Waals surface area (Å²) in [7, 11) is 1.63. The van der Waals surface area contributed by atoms with Gasteiger partial charge in [0, 0.05) is 13.1 Å². The predicted molar refractivity (Wildman–Crippen MR) is 78.0 cm³/mol. The third kappa shape index (κ3) is 3.95. The van der Waals surface area contributed by atoms with Gasteiger partial charge in [0.2, 0.25) is 0 Å². The van der Waals surface area contributed by atoms with Crippen molar-refractivity contribution in [2.75, 3.05) is 7.11 Å². The zero-order valence-corrected chi connectivity index (χ0v) is 11.4. The first-order chi connectivity index (χ1) is 9.67. The Kier molecular flexibility index (Phi) is 4.50. The highest BCUT2D eigenvalue weighted by Crippen LogP contribution is 2.18. The number of rotatable bonds is 4.